The molecule has 0 radical (unpaired) electrons. The minimum absolute atomic E-state index is 0.00345. The Bertz CT molecular complexity index is 1000. The summed E-state index contributed by atoms with van der Waals surface area (Å²) < 4.78 is 3.26. The topological polar surface area (TPSA) is 57.6 Å². The van der Waals surface area contributed by atoms with Crippen molar-refractivity contribution in [2.24, 2.45) is 0 Å². The van der Waals surface area contributed by atoms with Crippen molar-refractivity contribution in [1.82, 2.24) is 19.7 Å². The molecular formula is C27H42N4O2S. The molecule has 0 unspecified atom stereocenters. The average molecular weight is 487 g/mol. The fourth-order valence-corrected chi connectivity index (χ4v) is 6.75. The molecule has 3 heterocycles. The third-order valence-corrected chi connectivity index (χ3v) is 8.88. The van der Waals surface area contributed by atoms with Crippen LogP contribution in [0.15, 0.2) is 12.1 Å². The lowest BCUT2D eigenvalue weighted by atomic mass is 9.91. The Morgan fingerprint density at radius 2 is 1.82 bits per heavy atom. The Morgan fingerprint density at radius 1 is 1.12 bits per heavy atom. The number of aromatic nitrogens is 1. The first-order chi connectivity index (χ1) is 16.4. The van der Waals surface area contributed by atoms with Gasteiger partial charge in [0.1, 0.15) is 11.2 Å². The van der Waals surface area contributed by atoms with Gasteiger partial charge in [0, 0.05) is 24.0 Å². The van der Waals surface area contributed by atoms with Crippen molar-refractivity contribution in [3.63, 3.8) is 0 Å². The number of carbonyl (C=O) groups is 2. The first-order valence-corrected chi connectivity index (χ1v) is 14.2. The number of rotatable bonds is 10. The normalized spacial score (nSPS) is 21.4. The molecule has 1 N–H and O–H groups in total. The van der Waals surface area contributed by atoms with Crippen LogP contribution in [0.5, 0.6) is 0 Å². The van der Waals surface area contributed by atoms with Gasteiger partial charge in [-0.25, -0.2) is 0 Å². The van der Waals surface area contributed by atoms with E-state index in [2.05, 4.69) is 41.6 Å². The highest BCUT2D eigenvalue weighted by Crippen LogP contribution is 2.36. The fourth-order valence-electron chi connectivity index (χ4n) is 5.71. The predicted molar refractivity (Wildman–Crippen MR) is 141 cm³/mol. The summed E-state index contributed by atoms with van der Waals surface area (Å²) in [4.78, 5) is 33.3. The van der Waals surface area contributed by atoms with E-state index in [-0.39, 0.29) is 17.9 Å². The summed E-state index contributed by atoms with van der Waals surface area (Å²) in [5.41, 5.74) is 0.927. The highest BCUT2D eigenvalue weighted by atomic mass is 32.1. The van der Waals surface area contributed by atoms with E-state index in [1.165, 1.54) is 24.1 Å². The Kier molecular flexibility index (Phi) is 8.03. The van der Waals surface area contributed by atoms with Crippen LogP contribution >= 0.6 is 11.3 Å². The molecule has 1 fully saturated rings. The first kappa shape index (κ1) is 25.2. The maximum atomic E-state index is 13.9. The van der Waals surface area contributed by atoms with E-state index in [1.807, 2.05) is 17.9 Å². The Balaban J connectivity index is 1.65. The molecule has 4 rings (SSSR count). The van der Waals surface area contributed by atoms with Gasteiger partial charge in [0.25, 0.3) is 5.91 Å². The number of amides is 2. The van der Waals surface area contributed by atoms with Crippen LogP contribution < -0.4 is 5.32 Å². The molecule has 188 valence electrons. The molecule has 0 spiro atoms. The largest absolute Gasteiger partial charge is 0.351 e. The molecule has 2 aliphatic rings. The third-order valence-electron chi connectivity index (χ3n) is 7.66. The third kappa shape index (κ3) is 4.92. The predicted octanol–water partition coefficient (Wildman–Crippen LogP) is 5.05. The molecule has 1 aliphatic carbocycles. The fraction of sp³-hybridized carbons (Fsp3) is 0.704. The lowest BCUT2D eigenvalue weighted by molar-refractivity contribution is -0.133. The second kappa shape index (κ2) is 10.8. The summed E-state index contributed by atoms with van der Waals surface area (Å²) in [6, 6.07) is 4.48. The van der Waals surface area contributed by atoms with Gasteiger partial charge >= 0.3 is 0 Å². The zero-order valence-corrected chi connectivity index (χ0v) is 22.3. The van der Waals surface area contributed by atoms with Gasteiger partial charge in [0.15, 0.2) is 0 Å². The van der Waals surface area contributed by atoms with Gasteiger partial charge in [-0.05, 0) is 64.3 Å². The number of carbonyl (C=O) groups excluding carboxylic acids is 2. The standard InChI is InChI=1S/C27H42N4O2S/c1-5-13-29(14-6-2)15-16-31-25(32)23-18-24-22(17-21(7-3)34-24)30(23)19-27(31,4)26(33)28-20-11-9-8-10-12-20/h17-18,20H,5-16,19H2,1-4H3,(H,28,33)/t27-/m0/s1. The number of fused-ring (bicyclic) bond motifs is 3. The Hall–Kier alpha value is -1.86. The van der Waals surface area contributed by atoms with Crippen LogP contribution in [-0.2, 0) is 17.8 Å². The molecule has 6 nitrogen and oxygen atoms in total. The summed E-state index contributed by atoms with van der Waals surface area (Å²) in [5, 5.41) is 3.35. The first-order valence-electron chi connectivity index (χ1n) is 13.4. The Morgan fingerprint density at radius 3 is 2.47 bits per heavy atom. The van der Waals surface area contributed by atoms with Crippen molar-refractivity contribution < 1.29 is 9.59 Å². The van der Waals surface area contributed by atoms with Gasteiger partial charge in [0.05, 0.1) is 16.8 Å². The summed E-state index contributed by atoms with van der Waals surface area (Å²) >= 11 is 1.76. The summed E-state index contributed by atoms with van der Waals surface area (Å²) in [5.74, 6) is -0.00864. The van der Waals surface area contributed by atoms with Crippen LogP contribution in [0.3, 0.4) is 0 Å². The van der Waals surface area contributed by atoms with E-state index >= 15 is 0 Å². The number of aryl methyl sites for hydroxylation is 1. The van der Waals surface area contributed by atoms with Crippen LogP contribution in [-0.4, -0.2) is 63.9 Å². The van der Waals surface area contributed by atoms with Gasteiger partial charge in [-0.2, -0.15) is 0 Å². The van der Waals surface area contributed by atoms with Crippen LogP contribution in [0.25, 0.3) is 10.2 Å². The van der Waals surface area contributed by atoms with Crippen molar-refractivity contribution in [3.05, 3.63) is 22.7 Å². The number of hydrogen-bond acceptors (Lipinski definition) is 4. The maximum Gasteiger partial charge on any atom is 0.271 e. The molecule has 0 aromatic carbocycles. The molecule has 2 amide bonds. The zero-order chi connectivity index (χ0) is 24.3. The zero-order valence-electron chi connectivity index (χ0n) is 21.5. The summed E-state index contributed by atoms with van der Waals surface area (Å²) in [7, 11) is 0. The quantitative estimate of drug-likeness (QED) is 0.511. The van der Waals surface area contributed by atoms with Crippen molar-refractivity contribution in [3.8, 4) is 0 Å². The average Bonchev–Trinajstić information content (AvgIpc) is 3.38. The molecule has 1 aliphatic heterocycles. The van der Waals surface area contributed by atoms with E-state index in [1.54, 1.807) is 11.3 Å². The van der Waals surface area contributed by atoms with Gasteiger partial charge in [0.2, 0.25) is 5.91 Å². The summed E-state index contributed by atoms with van der Waals surface area (Å²) in [6.07, 6.45) is 8.84. The van der Waals surface area contributed by atoms with Crippen LogP contribution in [0.1, 0.15) is 88.0 Å². The van der Waals surface area contributed by atoms with Crippen molar-refractivity contribution in [1.29, 1.82) is 0 Å². The lowest BCUT2D eigenvalue weighted by Crippen LogP contribution is -2.65. The van der Waals surface area contributed by atoms with Crippen LogP contribution in [0, 0.1) is 0 Å². The SMILES string of the molecule is CCCN(CCC)CCN1C(=O)c2cc3sc(CC)cc3n2C[C@@]1(C)C(=O)NC1CCCCC1. The molecule has 2 aromatic heterocycles. The van der Waals surface area contributed by atoms with E-state index < -0.39 is 5.54 Å². The Labute approximate surface area is 208 Å². The van der Waals surface area contributed by atoms with Crippen molar-refractivity contribution >= 4 is 33.4 Å². The van der Waals surface area contributed by atoms with Gasteiger partial charge in [-0.3, -0.25) is 9.59 Å². The van der Waals surface area contributed by atoms with Gasteiger partial charge in [-0.1, -0.05) is 40.0 Å². The van der Waals surface area contributed by atoms with Gasteiger partial charge in [-0.15, -0.1) is 11.3 Å². The highest BCUT2D eigenvalue weighted by Gasteiger charge is 2.48. The minimum Gasteiger partial charge on any atom is -0.351 e. The maximum absolute atomic E-state index is 13.9. The van der Waals surface area contributed by atoms with Crippen LogP contribution in [0.4, 0.5) is 0 Å². The summed E-state index contributed by atoms with van der Waals surface area (Å²) in [6.45, 7) is 12.5. The molecule has 34 heavy (non-hydrogen) atoms. The van der Waals surface area contributed by atoms with Crippen molar-refractivity contribution in [2.45, 2.75) is 97.2 Å². The minimum atomic E-state index is -0.897. The molecule has 0 saturated heterocycles. The molecule has 1 atom stereocenters. The van der Waals surface area contributed by atoms with Crippen LogP contribution in [0.2, 0.25) is 0 Å². The monoisotopic (exact) mass is 486 g/mol. The number of thiophene rings is 1. The number of nitrogens with one attached hydrogen (secondary N) is 1. The van der Waals surface area contributed by atoms with E-state index in [9.17, 15) is 9.59 Å². The molecular weight excluding hydrogens is 444 g/mol. The molecule has 2 aromatic rings. The molecule has 1 saturated carbocycles. The van der Waals surface area contributed by atoms with Gasteiger partial charge < -0.3 is 19.7 Å². The lowest BCUT2D eigenvalue weighted by Gasteiger charge is -2.45. The second-order valence-corrected chi connectivity index (χ2v) is 11.5. The van der Waals surface area contributed by atoms with E-state index in [4.69, 9.17) is 0 Å². The molecule has 7 heteroatoms. The smallest absolute Gasteiger partial charge is 0.271 e. The number of nitrogens with zero attached hydrogens (tertiary/aromatic N) is 3. The van der Waals surface area contributed by atoms with E-state index in [0.29, 0.717) is 13.1 Å². The molecule has 0 bridgehead atoms. The highest BCUT2D eigenvalue weighted by molar-refractivity contribution is 7.19. The second-order valence-electron chi connectivity index (χ2n) is 10.3. The van der Waals surface area contributed by atoms with Crippen molar-refractivity contribution in [2.75, 3.05) is 26.2 Å². The van der Waals surface area contributed by atoms with E-state index in [0.717, 1.165) is 67.6 Å². The number of hydrogen-bond donors (Lipinski definition) is 1.